The number of halogens is 4. The van der Waals surface area contributed by atoms with Gasteiger partial charge in [-0.3, -0.25) is 4.79 Å². The Labute approximate surface area is 140 Å². The van der Waals surface area contributed by atoms with Crippen LogP contribution in [0.1, 0.15) is 21.5 Å². The third kappa shape index (κ3) is 4.79. The first-order valence-electron chi connectivity index (χ1n) is 7.13. The van der Waals surface area contributed by atoms with E-state index in [1.165, 1.54) is 12.1 Å². The van der Waals surface area contributed by atoms with Crippen molar-refractivity contribution in [2.75, 3.05) is 0 Å². The van der Waals surface area contributed by atoms with Crippen molar-refractivity contribution in [1.82, 2.24) is 5.32 Å². The van der Waals surface area contributed by atoms with E-state index in [1.54, 1.807) is 0 Å². The van der Waals surface area contributed by atoms with Crippen molar-refractivity contribution in [2.45, 2.75) is 18.6 Å². The zero-order chi connectivity index (χ0) is 18.6. The molecule has 0 aliphatic carbocycles. The minimum Gasteiger partial charge on any atom is -0.480 e. The molecular formula is C17H13F4NO3. The molecule has 0 spiro atoms. The molecule has 8 heteroatoms. The van der Waals surface area contributed by atoms with Crippen LogP contribution < -0.4 is 5.32 Å². The molecule has 0 saturated heterocycles. The van der Waals surface area contributed by atoms with E-state index >= 15 is 0 Å². The third-order valence-electron chi connectivity index (χ3n) is 3.46. The summed E-state index contributed by atoms with van der Waals surface area (Å²) in [5.74, 6) is -2.88. The van der Waals surface area contributed by atoms with Gasteiger partial charge in [-0.05, 0) is 35.9 Å². The number of aliphatic carboxylic acids is 1. The van der Waals surface area contributed by atoms with Crippen molar-refractivity contribution in [3.8, 4) is 0 Å². The van der Waals surface area contributed by atoms with E-state index in [9.17, 15) is 32.3 Å². The maximum absolute atomic E-state index is 13.0. The number of carboxylic acids is 1. The molecule has 2 N–H and O–H groups in total. The largest absolute Gasteiger partial charge is 0.480 e. The number of rotatable bonds is 5. The standard InChI is InChI=1S/C17H13F4NO3/c18-12-7-5-10(6-8-12)15(23)22-14(16(24)25)9-11-3-1-2-4-13(11)17(19,20)21/h1-8,14H,9H2,(H,22,23)(H,24,25)/t14-/m0/s1. The second kappa shape index (κ2) is 7.33. The fraction of sp³-hybridized carbons (Fsp3) is 0.176. The Morgan fingerprint density at radius 1 is 1.04 bits per heavy atom. The van der Waals surface area contributed by atoms with Gasteiger partial charge < -0.3 is 10.4 Å². The van der Waals surface area contributed by atoms with Crippen LogP contribution in [0.5, 0.6) is 0 Å². The summed E-state index contributed by atoms with van der Waals surface area (Å²) in [6, 6.07) is 7.30. The highest BCUT2D eigenvalue weighted by molar-refractivity contribution is 5.96. The van der Waals surface area contributed by atoms with Crippen molar-refractivity contribution < 1.29 is 32.3 Å². The van der Waals surface area contributed by atoms with E-state index in [1.807, 2.05) is 0 Å². The maximum atomic E-state index is 13.0. The SMILES string of the molecule is O=C(N[C@@H](Cc1ccccc1C(F)(F)F)C(=O)O)c1ccc(F)cc1. The fourth-order valence-corrected chi connectivity index (χ4v) is 2.24. The number of amides is 1. The first kappa shape index (κ1) is 18.4. The van der Waals surface area contributed by atoms with E-state index in [0.717, 1.165) is 36.4 Å². The van der Waals surface area contributed by atoms with Gasteiger partial charge >= 0.3 is 12.1 Å². The summed E-state index contributed by atoms with van der Waals surface area (Å²) in [6.07, 6.45) is -5.18. The zero-order valence-electron chi connectivity index (χ0n) is 12.7. The molecule has 0 bridgehead atoms. The molecule has 2 aromatic carbocycles. The van der Waals surface area contributed by atoms with Crippen molar-refractivity contribution in [1.29, 1.82) is 0 Å². The Balaban J connectivity index is 2.21. The third-order valence-corrected chi connectivity index (χ3v) is 3.46. The molecule has 0 aromatic heterocycles. The molecule has 1 atom stereocenters. The number of nitrogens with one attached hydrogen (secondary N) is 1. The molecule has 0 aliphatic rings. The molecule has 4 nitrogen and oxygen atoms in total. The van der Waals surface area contributed by atoms with Crippen LogP contribution >= 0.6 is 0 Å². The van der Waals surface area contributed by atoms with Gasteiger partial charge in [0.2, 0.25) is 0 Å². The van der Waals surface area contributed by atoms with Gasteiger partial charge in [-0.25, -0.2) is 9.18 Å². The van der Waals surface area contributed by atoms with E-state index in [0.29, 0.717) is 0 Å². The average molecular weight is 355 g/mol. The normalized spacial score (nSPS) is 12.5. The van der Waals surface area contributed by atoms with E-state index in [-0.39, 0.29) is 11.1 Å². The Morgan fingerprint density at radius 3 is 2.20 bits per heavy atom. The lowest BCUT2D eigenvalue weighted by molar-refractivity contribution is -0.141. The molecule has 2 rings (SSSR count). The minimum atomic E-state index is -4.64. The highest BCUT2D eigenvalue weighted by Crippen LogP contribution is 2.32. The molecule has 2 aromatic rings. The lowest BCUT2D eigenvalue weighted by atomic mass is 9.99. The Bertz CT molecular complexity index is 772. The lowest BCUT2D eigenvalue weighted by Crippen LogP contribution is -2.42. The molecule has 0 saturated carbocycles. The Hall–Kier alpha value is -2.90. The summed E-state index contributed by atoms with van der Waals surface area (Å²) in [5.41, 5.74) is -1.21. The number of carboxylic acid groups (broad SMARTS) is 1. The smallest absolute Gasteiger partial charge is 0.416 e. The van der Waals surface area contributed by atoms with Crippen LogP contribution in [0.3, 0.4) is 0 Å². The van der Waals surface area contributed by atoms with Gasteiger partial charge in [-0.2, -0.15) is 13.2 Å². The number of alkyl halides is 3. The molecule has 25 heavy (non-hydrogen) atoms. The first-order valence-corrected chi connectivity index (χ1v) is 7.13. The van der Waals surface area contributed by atoms with Crippen LogP contribution in [0.2, 0.25) is 0 Å². The summed E-state index contributed by atoms with van der Waals surface area (Å²) in [4.78, 5) is 23.4. The molecule has 0 unspecified atom stereocenters. The fourth-order valence-electron chi connectivity index (χ4n) is 2.24. The van der Waals surface area contributed by atoms with Gasteiger partial charge in [-0.1, -0.05) is 18.2 Å². The van der Waals surface area contributed by atoms with Crippen molar-refractivity contribution in [2.24, 2.45) is 0 Å². The highest BCUT2D eigenvalue weighted by Gasteiger charge is 2.34. The monoisotopic (exact) mass is 355 g/mol. The van der Waals surface area contributed by atoms with Crippen LogP contribution in [0.4, 0.5) is 17.6 Å². The number of carbonyl (C=O) groups is 2. The topological polar surface area (TPSA) is 66.4 Å². The Kier molecular flexibility index (Phi) is 5.41. The number of hydrogen-bond acceptors (Lipinski definition) is 2. The Morgan fingerprint density at radius 2 is 1.64 bits per heavy atom. The molecular weight excluding hydrogens is 342 g/mol. The summed E-state index contributed by atoms with van der Waals surface area (Å²) in [7, 11) is 0. The molecule has 132 valence electrons. The highest BCUT2D eigenvalue weighted by atomic mass is 19.4. The van der Waals surface area contributed by atoms with Gasteiger partial charge in [0.05, 0.1) is 5.56 Å². The van der Waals surface area contributed by atoms with Crippen molar-refractivity contribution in [3.63, 3.8) is 0 Å². The van der Waals surface area contributed by atoms with Gasteiger partial charge in [0, 0.05) is 12.0 Å². The number of hydrogen-bond donors (Lipinski definition) is 2. The van der Waals surface area contributed by atoms with Crippen LogP contribution in [0.25, 0.3) is 0 Å². The average Bonchev–Trinajstić information content (AvgIpc) is 2.54. The minimum absolute atomic E-state index is 0.00300. The number of benzene rings is 2. The second-order valence-corrected chi connectivity index (χ2v) is 5.23. The van der Waals surface area contributed by atoms with Crippen LogP contribution in [0.15, 0.2) is 48.5 Å². The van der Waals surface area contributed by atoms with E-state index in [2.05, 4.69) is 5.32 Å². The molecule has 0 radical (unpaired) electrons. The van der Waals surface area contributed by atoms with Crippen molar-refractivity contribution >= 4 is 11.9 Å². The molecule has 0 aliphatic heterocycles. The summed E-state index contributed by atoms with van der Waals surface area (Å²) >= 11 is 0. The summed E-state index contributed by atoms with van der Waals surface area (Å²) < 4.78 is 51.8. The second-order valence-electron chi connectivity index (χ2n) is 5.23. The van der Waals surface area contributed by atoms with Gasteiger partial charge in [0.25, 0.3) is 5.91 Å². The predicted molar refractivity (Wildman–Crippen MR) is 80.4 cm³/mol. The van der Waals surface area contributed by atoms with Gasteiger partial charge in [-0.15, -0.1) is 0 Å². The summed E-state index contributed by atoms with van der Waals surface area (Å²) in [5, 5.41) is 11.4. The van der Waals surface area contributed by atoms with Crippen molar-refractivity contribution in [3.05, 3.63) is 71.0 Å². The van der Waals surface area contributed by atoms with Crippen LogP contribution in [-0.4, -0.2) is 23.0 Å². The molecule has 0 heterocycles. The van der Waals surface area contributed by atoms with Crippen LogP contribution in [-0.2, 0) is 17.4 Å². The zero-order valence-corrected chi connectivity index (χ0v) is 12.7. The number of carbonyl (C=O) groups excluding carboxylic acids is 1. The quantitative estimate of drug-likeness (QED) is 0.809. The van der Waals surface area contributed by atoms with E-state index in [4.69, 9.17) is 0 Å². The van der Waals surface area contributed by atoms with Gasteiger partial charge in [0.1, 0.15) is 11.9 Å². The van der Waals surface area contributed by atoms with Crippen LogP contribution in [0, 0.1) is 5.82 Å². The lowest BCUT2D eigenvalue weighted by Gasteiger charge is -2.18. The molecule has 0 fully saturated rings. The first-order chi connectivity index (χ1) is 11.7. The summed E-state index contributed by atoms with van der Waals surface area (Å²) in [6.45, 7) is 0. The van der Waals surface area contributed by atoms with Gasteiger partial charge in [0.15, 0.2) is 0 Å². The maximum Gasteiger partial charge on any atom is 0.416 e. The molecule has 1 amide bonds. The van der Waals surface area contributed by atoms with E-state index < -0.39 is 41.9 Å². The predicted octanol–water partition coefficient (Wildman–Crippen LogP) is 3.27.